The van der Waals surface area contributed by atoms with Gasteiger partial charge in [0.2, 0.25) is 0 Å². The molecule has 1 aliphatic rings. The normalized spacial score (nSPS) is 16.9. The number of likely N-dealkylation sites (tertiary alicyclic amines) is 1. The minimum absolute atomic E-state index is 0.0391. The smallest absolute Gasteiger partial charge is 0.322 e. The first-order chi connectivity index (χ1) is 13.7. The van der Waals surface area contributed by atoms with E-state index in [1.54, 1.807) is 11.0 Å². The fourth-order valence-corrected chi connectivity index (χ4v) is 3.76. The van der Waals surface area contributed by atoms with Gasteiger partial charge in [-0.05, 0) is 50.8 Å². The highest BCUT2D eigenvalue weighted by Crippen LogP contribution is 2.22. The number of amides is 2. The number of aromatic nitrogens is 5. The molecule has 146 valence electrons. The van der Waals surface area contributed by atoms with Crippen LogP contribution in [-0.4, -0.2) is 47.8 Å². The lowest BCUT2D eigenvalue weighted by Gasteiger charge is -2.36. The van der Waals surface area contributed by atoms with Crippen LogP contribution in [0.25, 0.3) is 5.69 Å². The van der Waals surface area contributed by atoms with Crippen molar-refractivity contribution >= 4 is 11.7 Å². The third-order valence-corrected chi connectivity index (χ3v) is 5.30. The summed E-state index contributed by atoms with van der Waals surface area (Å²) in [5.74, 6) is 1.01. The molecule has 3 aromatic rings. The molecule has 28 heavy (non-hydrogen) atoms. The Bertz CT molecular complexity index is 918. The van der Waals surface area contributed by atoms with E-state index in [2.05, 4.69) is 25.0 Å². The Morgan fingerprint density at radius 3 is 3.04 bits per heavy atom. The van der Waals surface area contributed by atoms with Gasteiger partial charge in [-0.2, -0.15) is 5.10 Å². The van der Waals surface area contributed by atoms with Crippen LogP contribution in [0.1, 0.15) is 31.5 Å². The van der Waals surface area contributed by atoms with Gasteiger partial charge in [-0.1, -0.05) is 6.07 Å². The first-order valence-electron chi connectivity index (χ1n) is 9.71. The molecule has 1 N–H and O–H groups in total. The monoisotopic (exact) mass is 379 g/mol. The number of rotatable bonds is 5. The standard InChI is InChI=1S/C20H25N7O/c1-16-22-9-12-25(16)11-8-18-6-2-3-10-26(18)20(28)24-17-5-4-7-19(13-17)27-15-21-14-23-27/h4-5,7,9,12-15,18H,2-3,6,8,10-11H2,1H3,(H,24,28)/t18-/m1/s1. The molecule has 1 saturated heterocycles. The number of imidazole rings is 1. The lowest BCUT2D eigenvalue weighted by molar-refractivity contribution is 0.155. The number of nitrogens with zero attached hydrogens (tertiary/aromatic N) is 6. The fourth-order valence-electron chi connectivity index (χ4n) is 3.76. The number of anilines is 1. The van der Waals surface area contributed by atoms with E-state index >= 15 is 0 Å². The molecule has 0 saturated carbocycles. The Balaban J connectivity index is 1.42. The number of carbonyl (C=O) groups is 1. The van der Waals surface area contributed by atoms with E-state index in [4.69, 9.17) is 0 Å². The summed E-state index contributed by atoms with van der Waals surface area (Å²) < 4.78 is 3.82. The first kappa shape index (κ1) is 18.2. The predicted octanol–water partition coefficient (Wildman–Crippen LogP) is 3.25. The number of aryl methyl sites for hydroxylation is 2. The molecule has 0 bridgehead atoms. The van der Waals surface area contributed by atoms with Crippen molar-refractivity contribution in [2.75, 3.05) is 11.9 Å². The van der Waals surface area contributed by atoms with E-state index in [-0.39, 0.29) is 12.1 Å². The summed E-state index contributed by atoms with van der Waals surface area (Å²) in [5.41, 5.74) is 1.62. The van der Waals surface area contributed by atoms with Crippen molar-refractivity contribution in [1.29, 1.82) is 0 Å². The molecule has 1 fully saturated rings. The highest BCUT2D eigenvalue weighted by Gasteiger charge is 2.26. The van der Waals surface area contributed by atoms with Crippen molar-refractivity contribution in [1.82, 2.24) is 29.2 Å². The van der Waals surface area contributed by atoms with E-state index in [1.807, 2.05) is 48.5 Å². The molecule has 8 heteroatoms. The fraction of sp³-hybridized carbons (Fsp3) is 0.400. The summed E-state index contributed by atoms with van der Waals surface area (Å²) in [6, 6.07) is 7.84. The molecule has 3 heterocycles. The molecule has 1 atom stereocenters. The lowest BCUT2D eigenvalue weighted by atomic mass is 9.99. The van der Waals surface area contributed by atoms with E-state index in [1.165, 1.54) is 12.7 Å². The summed E-state index contributed by atoms with van der Waals surface area (Å²) in [6.07, 6.45) is 11.1. The van der Waals surface area contributed by atoms with Gasteiger partial charge in [0.15, 0.2) is 0 Å². The van der Waals surface area contributed by atoms with Crippen LogP contribution in [0, 0.1) is 6.92 Å². The molecular formula is C20H25N7O. The van der Waals surface area contributed by atoms with Gasteiger partial charge in [-0.15, -0.1) is 0 Å². The Kier molecular flexibility index (Phi) is 5.36. The number of benzene rings is 1. The third kappa shape index (κ3) is 4.05. The summed E-state index contributed by atoms with van der Waals surface area (Å²) in [6.45, 7) is 3.68. The summed E-state index contributed by atoms with van der Waals surface area (Å²) in [4.78, 5) is 23.2. The molecule has 8 nitrogen and oxygen atoms in total. The van der Waals surface area contributed by atoms with Crippen LogP contribution in [0.5, 0.6) is 0 Å². The number of urea groups is 1. The minimum Gasteiger partial charge on any atom is -0.335 e. The van der Waals surface area contributed by atoms with E-state index in [0.29, 0.717) is 0 Å². The molecule has 2 amide bonds. The molecule has 0 spiro atoms. The lowest BCUT2D eigenvalue weighted by Crippen LogP contribution is -2.46. The number of carbonyl (C=O) groups excluding carboxylic acids is 1. The second-order valence-corrected chi connectivity index (χ2v) is 7.12. The number of piperidine rings is 1. The van der Waals surface area contributed by atoms with Crippen LogP contribution in [0.15, 0.2) is 49.3 Å². The Hall–Kier alpha value is -3.16. The zero-order valence-corrected chi connectivity index (χ0v) is 16.0. The maximum atomic E-state index is 13.0. The molecule has 2 aromatic heterocycles. The van der Waals surface area contributed by atoms with Crippen LogP contribution in [-0.2, 0) is 6.54 Å². The average Bonchev–Trinajstić information content (AvgIpc) is 3.39. The molecule has 1 aromatic carbocycles. The molecule has 1 aliphatic heterocycles. The number of hydrogen-bond acceptors (Lipinski definition) is 4. The zero-order chi connectivity index (χ0) is 19.3. The second-order valence-electron chi connectivity index (χ2n) is 7.12. The summed E-state index contributed by atoms with van der Waals surface area (Å²) in [7, 11) is 0. The molecule has 0 unspecified atom stereocenters. The second kappa shape index (κ2) is 8.24. The topological polar surface area (TPSA) is 80.9 Å². The summed E-state index contributed by atoms with van der Waals surface area (Å²) in [5, 5.41) is 7.19. The van der Waals surface area contributed by atoms with Crippen molar-refractivity contribution in [2.45, 2.75) is 45.2 Å². The van der Waals surface area contributed by atoms with Gasteiger partial charge in [0.05, 0.1) is 5.69 Å². The highest BCUT2D eigenvalue weighted by molar-refractivity contribution is 5.89. The number of hydrogen-bond donors (Lipinski definition) is 1. The maximum Gasteiger partial charge on any atom is 0.322 e. The van der Waals surface area contributed by atoms with Gasteiger partial charge in [-0.25, -0.2) is 19.4 Å². The van der Waals surface area contributed by atoms with Gasteiger partial charge in [0, 0.05) is 37.2 Å². The van der Waals surface area contributed by atoms with Crippen LogP contribution in [0.4, 0.5) is 10.5 Å². The van der Waals surface area contributed by atoms with E-state index in [0.717, 1.165) is 49.6 Å². The van der Waals surface area contributed by atoms with Crippen molar-refractivity contribution < 1.29 is 4.79 Å². The molecule has 0 aliphatic carbocycles. The van der Waals surface area contributed by atoms with Gasteiger partial charge in [-0.3, -0.25) is 0 Å². The van der Waals surface area contributed by atoms with Crippen molar-refractivity contribution in [3.8, 4) is 5.69 Å². The molecular weight excluding hydrogens is 354 g/mol. The SMILES string of the molecule is Cc1nccn1CC[C@H]1CCCCN1C(=O)Nc1cccc(-n2cncn2)c1. The average molecular weight is 379 g/mol. The highest BCUT2D eigenvalue weighted by atomic mass is 16.2. The first-order valence-corrected chi connectivity index (χ1v) is 9.71. The van der Waals surface area contributed by atoms with Crippen molar-refractivity contribution in [3.63, 3.8) is 0 Å². The molecule has 4 rings (SSSR count). The van der Waals surface area contributed by atoms with Crippen molar-refractivity contribution in [3.05, 3.63) is 55.1 Å². The minimum atomic E-state index is -0.0391. The van der Waals surface area contributed by atoms with Crippen LogP contribution < -0.4 is 5.32 Å². The largest absolute Gasteiger partial charge is 0.335 e. The Labute approximate surface area is 164 Å². The van der Waals surface area contributed by atoms with E-state index in [9.17, 15) is 4.79 Å². The van der Waals surface area contributed by atoms with Gasteiger partial charge in [0.25, 0.3) is 0 Å². The molecule has 0 radical (unpaired) electrons. The predicted molar refractivity (Wildman–Crippen MR) is 106 cm³/mol. The maximum absolute atomic E-state index is 13.0. The summed E-state index contributed by atoms with van der Waals surface area (Å²) >= 11 is 0. The van der Waals surface area contributed by atoms with Crippen LogP contribution in [0.2, 0.25) is 0 Å². The quantitative estimate of drug-likeness (QED) is 0.738. The zero-order valence-electron chi connectivity index (χ0n) is 16.0. The Morgan fingerprint density at radius 1 is 1.32 bits per heavy atom. The Morgan fingerprint density at radius 2 is 2.25 bits per heavy atom. The van der Waals surface area contributed by atoms with Crippen LogP contribution in [0.3, 0.4) is 0 Å². The third-order valence-electron chi connectivity index (χ3n) is 5.30. The van der Waals surface area contributed by atoms with E-state index < -0.39 is 0 Å². The van der Waals surface area contributed by atoms with Gasteiger partial charge >= 0.3 is 6.03 Å². The van der Waals surface area contributed by atoms with Crippen molar-refractivity contribution in [2.24, 2.45) is 0 Å². The van der Waals surface area contributed by atoms with Gasteiger partial charge < -0.3 is 14.8 Å². The van der Waals surface area contributed by atoms with Gasteiger partial charge in [0.1, 0.15) is 18.5 Å². The number of nitrogens with one attached hydrogen (secondary N) is 1. The van der Waals surface area contributed by atoms with Crippen LogP contribution >= 0.6 is 0 Å².